The van der Waals surface area contributed by atoms with Crippen molar-refractivity contribution in [1.29, 1.82) is 0 Å². The molecule has 0 bridgehead atoms. The van der Waals surface area contributed by atoms with E-state index in [2.05, 4.69) is 84.5 Å². The smallest absolute Gasteiger partial charge is 0.0295 e. The van der Waals surface area contributed by atoms with Gasteiger partial charge in [-0.2, -0.15) is 0 Å². The van der Waals surface area contributed by atoms with Crippen molar-refractivity contribution in [2.75, 3.05) is 0 Å². The van der Waals surface area contributed by atoms with E-state index in [1.54, 1.807) is 0 Å². The topological polar surface area (TPSA) is 12.0 Å². The van der Waals surface area contributed by atoms with E-state index in [-0.39, 0.29) is 0 Å². The van der Waals surface area contributed by atoms with Crippen LogP contribution < -0.4 is 5.32 Å². The van der Waals surface area contributed by atoms with Crippen LogP contribution in [0.25, 0.3) is 0 Å². The highest BCUT2D eigenvalue weighted by atomic mass is 79.9. The molecule has 0 spiro atoms. The Labute approximate surface area is 124 Å². The number of hydrogen-bond acceptors (Lipinski definition) is 1. The van der Waals surface area contributed by atoms with Crippen LogP contribution in [0.3, 0.4) is 0 Å². The van der Waals surface area contributed by atoms with Crippen LogP contribution in [-0.4, -0.2) is 0 Å². The van der Waals surface area contributed by atoms with Crippen molar-refractivity contribution in [3.63, 3.8) is 0 Å². The number of halogens is 1. The van der Waals surface area contributed by atoms with Crippen LogP contribution in [0.2, 0.25) is 0 Å². The Morgan fingerprint density at radius 2 is 1.58 bits per heavy atom. The Morgan fingerprint density at radius 3 is 2.16 bits per heavy atom. The molecule has 2 rings (SSSR count). The minimum absolute atomic E-state index is 0.363. The maximum atomic E-state index is 3.57. The molecule has 2 aromatic carbocycles. The van der Waals surface area contributed by atoms with Gasteiger partial charge in [0, 0.05) is 17.1 Å². The van der Waals surface area contributed by atoms with Gasteiger partial charge >= 0.3 is 0 Å². The van der Waals surface area contributed by atoms with Gasteiger partial charge in [0.25, 0.3) is 0 Å². The van der Waals surface area contributed by atoms with Gasteiger partial charge in [-0.25, -0.2) is 0 Å². The summed E-state index contributed by atoms with van der Waals surface area (Å²) in [6, 6.07) is 15.5. The third-order valence-electron chi connectivity index (χ3n) is 3.27. The van der Waals surface area contributed by atoms with Gasteiger partial charge in [0.1, 0.15) is 0 Å². The van der Waals surface area contributed by atoms with Crippen molar-refractivity contribution in [3.8, 4) is 0 Å². The molecule has 1 nitrogen and oxygen atoms in total. The van der Waals surface area contributed by atoms with Crippen LogP contribution in [0.4, 0.5) is 0 Å². The van der Waals surface area contributed by atoms with Gasteiger partial charge in [-0.3, -0.25) is 0 Å². The van der Waals surface area contributed by atoms with Gasteiger partial charge in [-0.1, -0.05) is 57.4 Å². The zero-order chi connectivity index (χ0) is 13.8. The summed E-state index contributed by atoms with van der Waals surface area (Å²) < 4.78 is 1.12. The van der Waals surface area contributed by atoms with Gasteiger partial charge < -0.3 is 5.32 Å². The van der Waals surface area contributed by atoms with Crippen molar-refractivity contribution in [3.05, 3.63) is 69.2 Å². The van der Waals surface area contributed by atoms with Crippen molar-refractivity contribution >= 4 is 15.9 Å². The van der Waals surface area contributed by atoms with Crippen LogP contribution >= 0.6 is 15.9 Å². The summed E-state index contributed by atoms with van der Waals surface area (Å²) in [5, 5.41) is 3.57. The summed E-state index contributed by atoms with van der Waals surface area (Å²) >= 11 is 3.46. The third-order valence-corrected chi connectivity index (χ3v) is 3.80. The van der Waals surface area contributed by atoms with E-state index in [0.717, 1.165) is 11.0 Å². The minimum atomic E-state index is 0.363. The van der Waals surface area contributed by atoms with E-state index < -0.39 is 0 Å². The van der Waals surface area contributed by atoms with Crippen LogP contribution in [-0.2, 0) is 6.54 Å². The molecule has 1 atom stereocenters. The Hall–Kier alpha value is -1.12. The number of benzene rings is 2. The highest BCUT2D eigenvalue weighted by Gasteiger charge is 2.06. The van der Waals surface area contributed by atoms with Crippen LogP contribution in [0.15, 0.2) is 46.9 Å². The first-order valence-electron chi connectivity index (χ1n) is 6.60. The Bertz CT molecular complexity index is 525. The van der Waals surface area contributed by atoms with E-state index in [4.69, 9.17) is 0 Å². The van der Waals surface area contributed by atoms with E-state index in [0.29, 0.717) is 6.04 Å². The van der Waals surface area contributed by atoms with Crippen molar-refractivity contribution in [2.24, 2.45) is 0 Å². The van der Waals surface area contributed by atoms with Gasteiger partial charge in [0.05, 0.1) is 0 Å². The zero-order valence-corrected chi connectivity index (χ0v) is 13.3. The van der Waals surface area contributed by atoms with Crippen molar-refractivity contribution in [1.82, 2.24) is 5.32 Å². The lowest BCUT2D eigenvalue weighted by atomic mass is 10.0. The fraction of sp³-hybridized carbons (Fsp3) is 0.294. The Kier molecular flexibility index (Phi) is 4.78. The van der Waals surface area contributed by atoms with Gasteiger partial charge in [0.2, 0.25) is 0 Å². The first kappa shape index (κ1) is 14.3. The standard InChI is InChI=1S/C17H20BrN/c1-12-8-13(2)10-16(9-12)14(3)19-11-15-4-6-17(18)7-5-15/h4-10,14,19H,11H2,1-3H3. The van der Waals surface area contributed by atoms with Crippen molar-refractivity contribution in [2.45, 2.75) is 33.4 Å². The van der Waals surface area contributed by atoms with Gasteiger partial charge in [-0.15, -0.1) is 0 Å². The average Bonchev–Trinajstić information content (AvgIpc) is 2.36. The lowest BCUT2D eigenvalue weighted by molar-refractivity contribution is 0.574. The molecular weight excluding hydrogens is 298 g/mol. The molecule has 0 aliphatic carbocycles. The molecule has 0 saturated heterocycles. The third kappa shape index (κ3) is 4.19. The summed E-state index contributed by atoms with van der Waals surface area (Å²) in [4.78, 5) is 0. The largest absolute Gasteiger partial charge is 0.306 e. The highest BCUT2D eigenvalue weighted by molar-refractivity contribution is 9.10. The minimum Gasteiger partial charge on any atom is -0.306 e. The lowest BCUT2D eigenvalue weighted by Gasteiger charge is -2.16. The zero-order valence-electron chi connectivity index (χ0n) is 11.7. The molecule has 0 amide bonds. The summed E-state index contributed by atoms with van der Waals surface area (Å²) in [6.07, 6.45) is 0. The van der Waals surface area contributed by atoms with Gasteiger partial charge in [0.15, 0.2) is 0 Å². The highest BCUT2D eigenvalue weighted by Crippen LogP contribution is 2.17. The molecule has 0 fully saturated rings. The summed E-state index contributed by atoms with van der Waals surface area (Å²) in [7, 11) is 0. The van der Waals surface area contributed by atoms with E-state index in [1.807, 2.05) is 0 Å². The second-order valence-corrected chi connectivity index (χ2v) is 6.07. The van der Waals surface area contributed by atoms with Crippen molar-refractivity contribution < 1.29 is 0 Å². The summed E-state index contributed by atoms with van der Waals surface area (Å²) in [5.41, 5.74) is 5.31. The SMILES string of the molecule is Cc1cc(C)cc(C(C)NCc2ccc(Br)cc2)c1. The maximum absolute atomic E-state index is 3.57. The first-order valence-corrected chi connectivity index (χ1v) is 7.40. The fourth-order valence-corrected chi connectivity index (χ4v) is 2.52. The van der Waals surface area contributed by atoms with E-state index >= 15 is 0 Å². The fourth-order valence-electron chi connectivity index (χ4n) is 2.25. The molecule has 19 heavy (non-hydrogen) atoms. The summed E-state index contributed by atoms with van der Waals surface area (Å²) in [5.74, 6) is 0. The number of aryl methyl sites for hydroxylation is 2. The molecule has 0 aromatic heterocycles. The van der Waals surface area contributed by atoms with Crippen LogP contribution in [0, 0.1) is 13.8 Å². The average molecular weight is 318 g/mol. The second-order valence-electron chi connectivity index (χ2n) is 5.15. The summed E-state index contributed by atoms with van der Waals surface area (Å²) in [6.45, 7) is 7.41. The monoisotopic (exact) mass is 317 g/mol. The molecule has 0 aliphatic heterocycles. The molecule has 0 radical (unpaired) electrons. The maximum Gasteiger partial charge on any atom is 0.0295 e. The first-order chi connectivity index (χ1) is 9.04. The van der Waals surface area contributed by atoms with Crippen LogP contribution in [0.5, 0.6) is 0 Å². The molecule has 2 aromatic rings. The molecule has 100 valence electrons. The quantitative estimate of drug-likeness (QED) is 0.844. The molecule has 0 heterocycles. The predicted octanol–water partition coefficient (Wildman–Crippen LogP) is 4.92. The normalized spacial score (nSPS) is 12.4. The predicted molar refractivity (Wildman–Crippen MR) is 85.3 cm³/mol. The molecule has 0 aliphatic rings. The number of nitrogens with one attached hydrogen (secondary N) is 1. The lowest BCUT2D eigenvalue weighted by Crippen LogP contribution is -2.18. The molecular formula is C17H20BrN. The molecule has 1 unspecified atom stereocenters. The van der Waals surface area contributed by atoms with Gasteiger partial charge in [-0.05, 0) is 44.0 Å². The van der Waals surface area contributed by atoms with Crippen LogP contribution in [0.1, 0.15) is 35.2 Å². The molecule has 1 N–H and O–H groups in total. The Morgan fingerprint density at radius 1 is 1.00 bits per heavy atom. The Balaban J connectivity index is 2.00. The second kappa shape index (κ2) is 6.36. The van der Waals surface area contributed by atoms with E-state index in [9.17, 15) is 0 Å². The molecule has 0 saturated carbocycles. The number of hydrogen-bond donors (Lipinski definition) is 1. The molecule has 2 heteroatoms. The number of rotatable bonds is 4. The van der Waals surface area contributed by atoms with E-state index in [1.165, 1.54) is 22.3 Å².